The molecule has 0 aliphatic rings. The van der Waals surface area contributed by atoms with Crippen LogP contribution in [0.1, 0.15) is 5.56 Å². The highest BCUT2D eigenvalue weighted by molar-refractivity contribution is 5.97. The molecule has 2 aromatic carbocycles. The molecule has 0 aromatic heterocycles. The van der Waals surface area contributed by atoms with E-state index in [-0.39, 0.29) is 23.5 Å². The van der Waals surface area contributed by atoms with Crippen LogP contribution in [0.5, 0.6) is 5.75 Å². The third-order valence-electron chi connectivity index (χ3n) is 3.43. The summed E-state index contributed by atoms with van der Waals surface area (Å²) in [4.78, 5) is 22.4. The number of non-ortho nitro benzene ring substituents is 1. The highest BCUT2D eigenvalue weighted by atomic mass is 16.6. The van der Waals surface area contributed by atoms with Crippen LogP contribution < -0.4 is 15.4 Å². The van der Waals surface area contributed by atoms with Gasteiger partial charge in [0.25, 0.3) is 11.6 Å². The third-order valence-corrected chi connectivity index (χ3v) is 3.43. The number of hydrogen-bond acceptors (Lipinski definition) is 6. The fourth-order valence-electron chi connectivity index (χ4n) is 2.09. The number of carbonyl (C=O) groups is 1. The van der Waals surface area contributed by atoms with E-state index < -0.39 is 10.8 Å². The van der Waals surface area contributed by atoms with E-state index in [1.807, 2.05) is 30.3 Å². The van der Waals surface area contributed by atoms with Gasteiger partial charge in [-0.1, -0.05) is 30.3 Å². The number of hydrogen-bond donors (Lipinski definition) is 2. The van der Waals surface area contributed by atoms with Crippen molar-refractivity contribution >= 4 is 17.3 Å². The van der Waals surface area contributed by atoms with Crippen molar-refractivity contribution in [3.05, 3.63) is 76.0 Å². The number of nitro groups is 1. The van der Waals surface area contributed by atoms with Crippen LogP contribution in [0.3, 0.4) is 0 Å². The minimum Gasteiger partial charge on any atom is -0.495 e. The van der Waals surface area contributed by atoms with Gasteiger partial charge in [0.05, 0.1) is 17.7 Å². The van der Waals surface area contributed by atoms with Gasteiger partial charge in [-0.3, -0.25) is 14.9 Å². The monoisotopic (exact) mass is 352 g/mol. The predicted molar refractivity (Wildman–Crippen MR) is 95.3 cm³/mol. The molecule has 26 heavy (non-hydrogen) atoms. The summed E-state index contributed by atoms with van der Waals surface area (Å²) < 4.78 is 5.11. The van der Waals surface area contributed by atoms with Crippen LogP contribution in [-0.2, 0) is 11.3 Å². The summed E-state index contributed by atoms with van der Waals surface area (Å²) in [5.74, 6) is -0.220. The number of ether oxygens (including phenoxy) is 1. The molecule has 0 aliphatic heterocycles. The van der Waals surface area contributed by atoms with Crippen molar-refractivity contribution in [2.45, 2.75) is 6.54 Å². The van der Waals surface area contributed by atoms with Gasteiger partial charge in [0.15, 0.2) is 0 Å². The highest BCUT2D eigenvalue weighted by Crippen LogP contribution is 2.28. The molecular weight excluding hydrogens is 336 g/mol. The van der Waals surface area contributed by atoms with Gasteiger partial charge in [0, 0.05) is 24.9 Å². The Morgan fingerprint density at radius 1 is 1.31 bits per heavy atom. The molecule has 0 saturated carbocycles. The molecule has 0 heterocycles. The molecule has 0 aliphatic carbocycles. The average Bonchev–Trinajstić information content (AvgIpc) is 2.67. The van der Waals surface area contributed by atoms with E-state index in [1.54, 1.807) is 6.07 Å². The molecule has 2 rings (SSSR count). The molecule has 0 fully saturated rings. The van der Waals surface area contributed by atoms with Crippen molar-refractivity contribution in [2.75, 3.05) is 12.4 Å². The van der Waals surface area contributed by atoms with E-state index >= 15 is 0 Å². The van der Waals surface area contributed by atoms with E-state index in [2.05, 4.69) is 10.6 Å². The summed E-state index contributed by atoms with van der Waals surface area (Å²) in [6.45, 7) is 0.277. The molecule has 8 heteroatoms. The number of methoxy groups -OCH3 is 1. The largest absolute Gasteiger partial charge is 0.495 e. The lowest BCUT2D eigenvalue weighted by molar-refractivity contribution is -0.384. The number of nitro benzene ring substituents is 1. The van der Waals surface area contributed by atoms with E-state index in [4.69, 9.17) is 4.74 Å². The standard InChI is InChI=1S/C18H16N4O4/c1-26-17-8-7-15(22(24)25)9-16(17)20-12-14(10-19)18(23)21-11-13-5-3-2-4-6-13/h2-9,12,20H,11H2,1H3,(H,21,23)/b14-12-. The maximum absolute atomic E-state index is 12.1. The Labute approximate surface area is 149 Å². The summed E-state index contributed by atoms with van der Waals surface area (Å²) in [6, 6.07) is 15.0. The van der Waals surface area contributed by atoms with Crippen molar-refractivity contribution in [3.63, 3.8) is 0 Å². The third kappa shape index (κ3) is 4.82. The molecule has 1 amide bonds. The quantitative estimate of drug-likeness (QED) is 0.342. The molecule has 8 nitrogen and oxygen atoms in total. The average molecular weight is 352 g/mol. The van der Waals surface area contributed by atoms with Gasteiger partial charge < -0.3 is 15.4 Å². The van der Waals surface area contributed by atoms with E-state index in [1.165, 1.54) is 31.5 Å². The Hall–Kier alpha value is -3.86. The minimum atomic E-state index is -0.562. The minimum absolute atomic E-state index is 0.145. The van der Waals surface area contributed by atoms with Crippen LogP contribution in [0.4, 0.5) is 11.4 Å². The first kappa shape index (κ1) is 18.5. The number of rotatable bonds is 7. The van der Waals surface area contributed by atoms with Gasteiger partial charge in [-0.15, -0.1) is 0 Å². The van der Waals surface area contributed by atoms with Crippen molar-refractivity contribution in [1.82, 2.24) is 5.32 Å². The Morgan fingerprint density at radius 3 is 2.65 bits per heavy atom. The van der Waals surface area contributed by atoms with Gasteiger partial charge in [0.1, 0.15) is 17.4 Å². The Balaban J connectivity index is 2.11. The smallest absolute Gasteiger partial charge is 0.271 e. The fraction of sp³-hybridized carbons (Fsp3) is 0.111. The summed E-state index contributed by atoms with van der Waals surface area (Å²) in [5, 5.41) is 25.4. The van der Waals surface area contributed by atoms with Crippen molar-refractivity contribution < 1.29 is 14.5 Å². The first-order chi connectivity index (χ1) is 12.5. The molecule has 0 bridgehead atoms. The number of nitriles is 1. The van der Waals surface area contributed by atoms with Gasteiger partial charge in [-0.05, 0) is 11.6 Å². The second-order valence-electron chi connectivity index (χ2n) is 5.12. The topological polar surface area (TPSA) is 117 Å². The second-order valence-corrected chi connectivity index (χ2v) is 5.12. The van der Waals surface area contributed by atoms with Crippen LogP contribution in [0.15, 0.2) is 60.3 Å². The lowest BCUT2D eigenvalue weighted by Crippen LogP contribution is -2.24. The lowest BCUT2D eigenvalue weighted by Gasteiger charge is -2.09. The van der Waals surface area contributed by atoms with Crippen LogP contribution >= 0.6 is 0 Å². The maximum Gasteiger partial charge on any atom is 0.271 e. The molecule has 2 aromatic rings. The number of nitrogens with zero attached hydrogens (tertiary/aromatic N) is 2. The molecule has 0 atom stereocenters. The number of nitrogens with one attached hydrogen (secondary N) is 2. The molecule has 0 unspecified atom stereocenters. The first-order valence-electron chi connectivity index (χ1n) is 7.56. The van der Waals surface area contributed by atoms with Crippen molar-refractivity contribution in [3.8, 4) is 11.8 Å². The maximum atomic E-state index is 12.1. The Morgan fingerprint density at radius 2 is 2.04 bits per heavy atom. The molecule has 0 saturated heterocycles. The normalized spacial score (nSPS) is 10.5. The lowest BCUT2D eigenvalue weighted by atomic mass is 10.2. The molecule has 2 N–H and O–H groups in total. The highest BCUT2D eigenvalue weighted by Gasteiger charge is 2.12. The summed E-state index contributed by atoms with van der Waals surface area (Å²) in [6.07, 6.45) is 1.18. The van der Waals surface area contributed by atoms with Gasteiger partial charge in [-0.25, -0.2) is 0 Å². The van der Waals surface area contributed by atoms with Crippen molar-refractivity contribution in [1.29, 1.82) is 5.26 Å². The first-order valence-corrected chi connectivity index (χ1v) is 7.56. The van der Waals surface area contributed by atoms with Crippen LogP contribution in [-0.4, -0.2) is 17.9 Å². The number of benzene rings is 2. The fourth-order valence-corrected chi connectivity index (χ4v) is 2.09. The van der Waals surface area contributed by atoms with E-state index in [9.17, 15) is 20.2 Å². The Kier molecular flexibility index (Phi) is 6.28. The predicted octanol–water partition coefficient (Wildman–Crippen LogP) is 2.74. The summed E-state index contributed by atoms with van der Waals surface area (Å²) in [7, 11) is 1.41. The zero-order valence-electron chi connectivity index (χ0n) is 13.9. The number of anilines is 1. The molecule has 0 radical (unpaired) electrons. The summed E-state index contributed by atoms with van der Waals surface area (Å²) >= 11 is 0. The number of amides is 1. The SMILES string of the molecule is COc1ccc([N+](=O)[O-])cc1N/C=C(/C#N)C(=O)NCc1ccccc1. The zero-order valence-corrected chi connectivity index (χ0v) is 13.9. The van der Waals surface area contributed by atoms with E-state index in [0.29, 0.717) is 5.75 Å². The molecular formula is C18H16N4O4. The van der Waals surface area contributed by atoms with Gasteiger partial charge in [-0.2, -0.15) is 5.26 Å². The molecule has 0 spiro atoms. The van der Waals surface area contributed by atoms with Crippen LogP contribution in [0, 0.1) is 21.4 Å². The van der Waals surface area contributed by atoms with E-state index in [0.717, 1.165) is 5.56 Å². The van der Waals surface area contributed by atoms with Gasteiger partial charge >= 0.3 is 0 Å². The summed E-state index contributed by atoms with van der Waals surface area (Å²) in [5.41, 5.74) is 0.847. The van der Waals surface area contributed by atoms with Gasteiger partial charge in [0.2, 0.25) is 0 Å². The zero-order chi connectivity index (χ0) is 18.9. The van der Waals surface area contributed by atoms with Crippen LogP contribution in [0.25, 0.3) is 0 Å². The number of carbonyl (C=O) groups excluding carboxylic acids is 1. The molecule has 132 valence electrons. The second kappa shape index (κ2) is 8.84. The van der Waals surface area contributed by atoms with Crippen molar-refractivity contribution in [2.24, 2.45) is 0 Å². The van der Waals surface area contributed by atoms with Crippen LogP contribution in [0.2, 0.25) is 0 Å². The Bertz CT molecular complexity index is 873.